The monoisotopic (exact) mass is 365 g/mol. The number of rotatable bonds is 7. The molecule has 0 bridgehead atoms. The minimum Gasteiger partial charge on any atom is -0.497 e. The molecule has 0 aliphatic rings. The van der Waals surface area contributed by atoms with Crippen molar-refractivity contribution in [2.45, 2.75) is 19.8 Å². The van der Waals surface area contributed by atoms with Crippen LogP contribution in [0.25, 0.3) is 11.5 Å². The molecule has 1 aromatic heterocycles. The van der Waals surface area contributed by atoms with Crippen LogP contribution in [0.15, 0.2) is 53.1 Å². The topological polar surface area (TPSA) is 68.5 Å². The van der Waals surface area contributed by atoms with Gasteiger partial charge >= 0.3 is 0 Å². The Bertz CT molecular complexity index is 886. The fourth-order valence-electron chi connectivity index (χ4n) is 2.61. The van der Waals surface area contributed by atoms with Crippen molar-refractivity contribution >= 4 is 5.91 Å². The van der Waals surface area contributed by atoms with E-state index in [0.717, 1.165) is 16.9 Å². The minimum absolute atomic E-state index is 0.0439. The smallest absolute Gasteiger partial charge is 0.257 e. The van der Waals surface area contributed by atoms with Crippen molar-refractivity contribution in [2.24, 2.45) is 0 Å². The SMILES string of the molecule is COc1ccc(CC(=O)N(C)CCc2noc(-c3ccc(C)cc3)n2)cc1. The van der Waals surface area contributed by atoms with E-state index in [9.17, 15) is 4.79 Å². The van der Waals surface area contributed by atoms with Crippen LogP contribution in [0.4, 0.5) is 0 Å². The molecule has 0 radical (unpaired) electrons. The van der Waals surface area contributed by atoms with Gasteiger partial charge in [0.25, 0.3) is 5.89 Å². The van der Waals surface area contributed by atoms with Crippen molar-refractivity contribution < 1.29 is 14.1 Å². The summed E-state index contributed by atoms with van der Waals surface area (Å²) >= 11 is 0. The third-order valence-electron chi connectivity index (χ3n) is 4.38. The van der Waals surface area contributed by atoms with E-state index in [1.165, 1.54) is 5.56 Å². The highest BCUT2D eigenvalue weighted by atomic mass is 16.5. The Morgan fingerprint density at radius 2 is 1.81 bits per heavy atom. The summed E-state index contributed by atoms with van der Waals surface area (Å²) in [7, 11) is 3.41. The number of nitrogens with zero attached hydrogens (tertiary/aromatic N) is 3. The second kappa shape index (κ2) is 8.49. The fourth-order valence-corrected chi connectivity index (χ4v) is 2.61. The number of aromatic nitrogens is 2. The van der Waals surface area contributed by atoms with Gasteiger partial charge in [0.05, 0.1) is 13.5 Å². The summed E-state index contributed by atoms with van der Waals surface area (Å²) in [5.41, 5.74) is 3.02. The van der Waals surface area contributed by atoms with E-state index >= 15 is 0 Å². The van der Waals surface area contributed by atoms with E-state index in [1.807, 2.05) is 55.5 Å². The Balaban J connectivity index is 1.53. The molecule has 6 heteroatoms. The lowest BCUT2D eigenvalue weighted by atomic mass is 10.1. The number of aryl methyl sites for hydroxylation is 1. The standard InChI is InChI=1S/C21H23N3O3/c1-15-4-8-17(9-5-15)21-22-19(23-27-21)12-13-24(2)20(25)14-16-6-10-18(26-3)11-7-16/h4-11H,12-14H2,1-3H3. The van der Waals surface area contributed by atoms with Gasteiger partial charge in [-0.2, -0.15) is 4.98 Å². The van der Waals surface area contributed by atoms with Crippen LogP contribution in [-0.4, -0.2) is 41.6 Å². The van der Waals surface area contributed by atoms with Crippen molar-refractivity contribution in [3.8, 4) is 17.2 Å². The molecule has 1 heterocycles. The number of methoxy groups -OCH3 is 1. The lowest BCUT2D eigenvalue weighted by Crippen LogP contribution is -2.30. The van der Waals surface area contributed by atoms with Gasteiger partial charge in [0.15, 0.2) is 5.82 Å². The molecule has 27 heavy (non-hydrogen) atoms. The first kappa shape index (κ1) is 18.6. The molecule has 0 atom stereocenters. The first-order chi connectivity index (χ1) is 13.0. The highest BCUT2D eigenvalue weighted by Gasteiger charge is 2.13. The summed E-state index contributed by atoms with van der Waals surface area (Å²) in [4.78, 5) is 18.5. The van der Waals surface area contributed by atoms with Crippen LogP contribution in [0.2, 0.25) is 0 Å². The van der Waals surface area contributed by atoms with Crippen molar-refractivity contribution in [2.75, 3.05) is 20.7 Å². The molecule has 0 saturated carbocycles. The fraction of sp³-hybridized carbons (Fsp3) is 0.286. The molecule has 0 saturated heterocycles. The molecule has 0 unspecified atom stereocenters. The number of carbonyl (C=O) groups is 1. The molecule has 3 rings (SSSR count). The molecule has 0 spiro atoms. The zero-order chi connectivity index (χ0) is 19.2. The molecule has 140 valence electrons. The Hall–Kier alpha value is -3.15. The van der Waals surface area contributed by atoms with Gasteiger partial charge < -0.3 is 14.2 Å². The molecular formula is C21H23N3O3. The molecule has 0 N–H and O–H groups in total. The molecule has 6 nitrogen and oxygen atoms in total. The predicted octanol–water partition coefficient (Wildman–Crippen LogP) is 3.30. The Morgan fingerprint density at radius 3 is 2.48 bits per heavy atom. The third-order valence-corrected chi connectivity index (χ3v) is 4.38. The quantitative estimate of drug-likeness (QED) is 0.643. The maximum absolute atomic E-state index is 12.4. The molecule has 2 aromatic carbocycles. The summed E-state index contributed by atoms with van der Waals surface area (Å²) in [6, 6.07) is 15.4. The largest absolute Gasteiger partial charge is 0.497 e. The summed E-state index contributed by atoms with van der Waals surface area (Å²) in [6.07, 6.45) is 0.890. The maximum Gasteiger partial charge on any atom is 0.257 e. The zero-order valence-electron chi connectivity index (χ0n) is 15.8. The average molecular weight is 365 g/mol. The molecule has 0 aliphatic carbocycles. The number of amides is 1. The van der Waals surface area contributed by atoms with Crippen molar-refractivity contribution in [3.05, 3.63) is 65.5 Å². The van der Waals surface area contributed by atoms with Gasteiger partial charge in [-0.3, -0.25) is 4.79 Å². The van der Waals surface area contributed by atoms with Crippen LogP contribution in [0.3, 0.4) is 0 Å². The van der Waals surface area contributed by atoms with Crippen molar-refractivity contribution in [1.29, 1.82) is 0 Å². The Kier molecular flexibility index (Phi) is 5.86. The lowest BCUT2D eigenvalue weighted by Gasteiger charge is -2.16. The summed E-state index contributed by atoms with van der Waals surface area (Å²) in [5.74, 6) is 1.91. The van der Waals surface area contributed by atoms with E-state index in [2.05, 4.69) is 10.1 Å². The van der Waals surface area contributed by atoms with E-state index in [4.69, 9.17) is 9.26 Å². The minimum atomic E-state index is 0.0439. The third kappa shape index (κ3) is 4.94. The summed E-state index contributed by atoms with van der Waals surface area (Å²) in [5, 5.41) is 4.01. The first-order valence-electron chi connectivity index (χ1n) is 8.81. The predicted molar refractivity (Wildman–Crippen MR) is 103 cm³/mol. The highest BCUT2D eigenvalue weighted by Crippen LogP contribution is 2.18. The molecule has 3 aromatic rings. The molecule has 1 amide bonds. The van der Waals surface area contributed by atoms with E-state index in [0.29, 0.717) is 31.1 Å². The molecule has 0 fully saturated rings. The van der Waals surface area contributed by atoms with Gasteiger partial charge in [0.2, 0.25) is 5.91 Å². The van der Waals surface area contributed by atoms with Crippen molar-refractivity contribution in [3.63, 3.8) is 0 Å². The highest BCUT2D eigenvalue weighted by molar-refractivity contribution is 5.78. The number of hydrogen-bond donors (Lipinski definition) is 0. The van der Waals surface area contributed by atoms with Crippen LogP contribution >= 0.6 is 0 Å². The second-order valence-corrected chi connectivity index (χ2v) is 6.47. The van der Waals surface area contributed by atoms with E-state index < -0.39 is 0 Å². The number of likely N-dealkylation sites (N-methyl/N-ethyl adjacent to an activating group) is 1. The maximum atomic E-state index is 12.4. The van der Waals surface area contributed by atoms with E-state index in [-0.39, 0.29) is 5.91 Å². The van der Waals surface area contributed by atoms with Gasteiger partial charge in [-0.05, 0) is 36.8 Å². The average Bonchev–Trinajstić information content (AvgIpc) is 3.16. The van der Waals surface area contributed by atoms with Gasteiger partial charge in [-0.1, -0.05) is 35.0 Å². The van der Waals surface area contributed by atoms with Crippen LogP contribution in [0, 0.1) is 6.92 Å². The Morgan fingerprint density at radius 1 is 1.11 bits per heavy atom. The second-order valence-electron chi connectivity index (χ2n) is 6.47. The normalized spacial score (nSPS) is 10.6. The van der Waals surface area contributed by atoms with Gasteiger partial charge in [0, 0.05) is 25.6 Å². The van der Waals surface area contributed by atoms with Gasteiger partial charge in [0.1, 0.15) is 5.75 Å². The number of benzene rings is 2. The van der Waals surface area contributed by atoms with Gasteiger partial charge in [-0.15, -0.1) is 0 Å². The number of carbonyl (C=O) groups excluding carboxylic acids is 1. The summed E-state index contributed by atoms with van der Waals surface area (Å²) < 4.78 is 10.5. The molecule has 0 aliphatic heterocycles. The zero-order valence-corrected chi connectivity index (χ0v) is 15.8. The van der Waals surface area contributed by atoms with E-state index in [1.54, 1.807) is 19.1 Å². The van der Waals surface area contributed by atoms with Crippen LogP contribution in [0.1, 0.15) is 17.0 Å². The number of ether oxygens (including phenoxy) is 1. The molecular weight excluding hydrogens is 342 g/mol. The lowest BCUT2D eigenvalue weighted by molar-refractivity contribution is -0.129. The Labute approximate surface area is 158 Å². The summed E-state index contributed by atoms with van der Waals surface area (Å²) in [6.45, 7) is 2.56. The van der Waals surface area contributed by atoms with Gasteiger partial charge in [-0.25, -0.2) is 0 Å². The van der Waals surface area contributed by atoms with Crippen LogP contribution in [0.5, 0.6) is 5.75 Å². The number of hydrogen-bond acceptors (Lipinski definition) is 5. The van der Waals surface area contributed by atoms with Crippen LogP contribution < -0.4 is 4.74 Å². The van der Waals surface area contributed by atoms with Crippen LogP contribution in [-0.2, 0) is 17.6 Å². The van der Waals surface area contributed by atoms with Crippen molar-refractivity contribution in [1.82, 2.24) is 15.0 Å². The first-order valence-corrected chi connectivity index (χ1v) is 8.81.